The van der Waals surface area contributed by atoms with E-state index in [0.29, 0.717) is 29.4 Å². The number of likely N-dealkylation sites (N-methyl/N-ethyl adjacent to an activating group) is 1. The van der Waals surface area contributed by atoms with Gasteiger partial charge in [-0.15, -0.1) is 0 Å². The highest BCUT2D eigenvalue weighted by Crippen LogP contribution is 2.38. The predicted octanol–water partition coefficient (Wildman–Crippen LogP) is 2.85. The van der Waals surface area contributed by atoms with Gasteiger partial charge in [-0.05, 0) is 30.2 Å². The lowest BCUT2D eigenvalue weighted by Gasteiger charge is -2.21. The smallest absolute Gasteiger partial charge is 0.311 e. The third-order valence-corrected chi connectivity index (χ3v) is 4.37. The van der Waals surface area contributed by atoms with Gasteiger partial charge in [0.15, 0.2) is 17.6 Å². The van der Waals surface area contributed by atoms with Gasteiger partial charge >= 0.3 is 5.97 Å². The molecule has 7 nitrogen and oxygen atoms in total. The first-order valence-corrected chi connectivity index (χ1v) is 9.16. The molecule has 2 rings (SSSR count). The van der Waals surface area contributed by atoms with Crippen molar-refractivity contribution in [3.8, 4) is 17.2 Å². The van der Waals surface area contributed by atoms with Crippen molar-refractivity contribution in [1.29, 1.82) is 0 Å². The Balaban J connectivity index is 2.00. The van der Waals surface area contributed by atoms with Crippen molar-refractivity contribution in [2.45, 2.75) is 26.0 Å². The molecule has 0 saturated carbocycles. The maximum atomic E-state index is 12.5. The Bertz CT molecular complexity index is 811. The van der Waals surface area contributed by atoms with Crippen molar-refractivity contribution >= 4 is 11.9 Å². The van der Waals surface area contributed by atoms with Crippen LogP contribution in [0.25, 0.3) is 0 Å². The van der Waals surface area contributed by atoms with Gasteiger partial charge in [0.05, 0.1) is 27.8 Å². The Kier molecular flexibility index (Phi) is 7.88. The molecule has 0 saturated heterocycles. The minimum absolute atomic E-state index is 0.0310. The molecule has 0 aliphatic carbocycles. The number of esters is 1. The standard InChI is InChI=1S/C22H27NO6/c1-15(22(25)23(2)14-16-9-7-6-8-10-16)29-20(24)13-17-11-18(26-3)21(28-5)19(12-17)27-4/h6-12,15H,13-14H2,1-5H3/t15-/m1/s1. The summed E-state index contributed by atoms with van der Waals surface area (Å²) < 4.78 is 21.2. The summed E-state index contributed by atoms with van der Waals surface area (Å²) in [5.74, 6) is 0.543. The van der Waals surface area contributed by atoms with E-state index in [2.05, 4.69) is 0 Å². The fourth-order valence-electron chi connectivity index (χ4n) is 2.94. The van der Waals surface area contributed by atoms with E-state index in [1.165, 1.54) is 26.2 Å². The number of carbonyl (C=O) groups is 2. The number of methoxy groups -OCH3 is 3. The average molecular weight is 401 g/mol. The monoisotopic (exact) mass is 401 g/mol. The number of ether oxygens (including phenoxy) is 4. The highest BCUT2D eigenvalue weighted by Gasteiger charge is 2.22. The Morgan fingerprint density at radius 3 is 2.03 bits per heavy atom. The average Bonchev–Trinajstić information content (AvgIpc) is 2.72. The summed E-state index contributed by atoms with van der Waals surface area (Å²) in [5, 5.41) is 0. The van der Waals surface area contributed by atoms with E-state index in [1.54, 1.807) is 26.1 Å². The first-order valence-electron chi connectivity index (χ1n) is 9.16. The molecule has 0 fully saturated rings. The third kappa shape index (κ3) is 5.88. The van der Waals surface area contributed by atoms with Crippen LogP contribution >= 0.6 is 0 Å². The minimum Gasteiger partial charge on any atom is -0.493 e. The van der Waals surface area contributed by atoms with E-state index >= 15 is 0 Å². The third-order valence-electron chi connectivity index (χ3n) is 4.37. The summed E-state index contributed by atoms with van der Waals surface area (Å²) in [6.07, 6.45) is -0.922. The number of hydrogen-bond donors (Lipinski definition) is 0. The van der Waals surface area contributed by atoms with Gasteiger partial charge in [-0.1, -0.05) is 30.3 Å². The molecule has 2 aromatic carbocycles. The Morgan fingerprint density at radius 1 is 0.931 bits per heavy atom. The van der Waals surface area contributed by atoms with Crippen molar-refractivity contribution in [2.75, 3.05) is 28.4 Å². The van der Waals surface area contributed by atoms with E-state index in [1.807, 2.05) is 30.3 Å². The lowest BCUT2D eigenvalue weighted by Crippen LogP contribution is -2.37. The number of nitrogens with zero attached hydrogens (tertiary/aromatic N) is 1. The number of benzene rings is 2. The van der Waals surface area contributed by atoms with Crippen LogP contribution in [0.5, 0.6) is 17.2 Å². The van der Waals surface area contributed by atoms with E-state index in [9.17, 15) is 9.59 Å². The molecule has 0 radical (unpaired) electrons. The van der Waals surface area contributed by atoms with Crippen LogP contribution in [0.15, 0.2) is 42.5 Å². The molecule has 0 aromatic heterocycles. The molecule has 1 amide bonds. The number of rotatable bonds is 9. The van der Waals surface area contributed by atoms with Gasteiger partial charge in [0.25, 0.3) is 5.91 Å². The SMILES string of the molecule is COc1cc(CC(=O)O[C@H](C)C(=O)N(C)Cc2ccccc2)cc(OC)c1OC. The Morgan fingerprint density at radius 2 is 1.52 bits per heavy atom. The zero-order chi connectivity index (χ0) is 21.4. The van der Waals surface area contributed by atoms with E-state index < -0.39 is 12.1 Å². The van der Waals surface area contributed by atoms with Crippen LogP contribution in [0.3, 0.4) is 0 Å². The van der Waals surface area contributed by atoms with Crippen molar-refractivity contribution in [1.82, 2.24) is 4.90 Å². The maximum absolute atomic E-state index is 12.5. The fourth-order valence-corrected chi connectivity index (χ4v) is 2.94. The normalized spacial score (nSPS) is 11.3. The Labute approximate surface area is 171 Å². The molecule has 0 N–H and O–H groups in total. The first kappa shape index (κ1) is 22.1. The molecule has 0 aliphatic rings. The highest BCUT2D eigenvalue weighted by molar-refractivity contribution is 5.84. The molecule has 0 aliphatic heterocycles. The van der Waals surface area contributed by atoms with Crippen molar-refractivity contribution in [3.63, 3.8) is 0 Å². The molecule has 1 atom stereocenters. The Hall–Kier alpha value is -3.22. The van der Waals surface area contributed by atoms with Crippen LogP contribution in [0, 0.1) is 0 Å². The van der Waals surface area contributed by atoms with E-state index in [4.69, 9.17) is 18.9 Å². The van der Waals surface area contributed by atoms with Crippen LogP contribution in [-0.4, -0.2) is 51.3 Å². The van der Waals surface area contributed by atoms with Gasteiger partial charge in [-0.2, -0.15) is 0 Å². The highest BCUT2D eigenvalue weighted by atomic mass is 16.5. The molecule has 2 aromatic rings. The minimum atomic E-state index is -0.891. The summed E-state index contributed by atoms with van der Waals surface area (Å²) in [7, 11) is 6.19. The first-order chi connectivity index (χ1) is 13.9. The van der Waals surface area contributed by atoms with E-state index in [0.717, 1.165) is 5.56 Å². The summed E-state index contributed by atoms with van der Waals surface area (Å²) in [6, 6.07) is 13.0. The summed E-state index contributed by atoms with van der Waals surface area (Å²) >= 11 is 0. The zero-order valence-corrected chi connectivity index (χ0v) is 17.4. The zero-order valence-electron chi connectivity index (χ0n) is 17.4. The van der Waals surface area contributed by atoms with Gasteiger partial charge in [0.1, 0.15) is 0 Å². The van der Waals surface area contributed by atoms with Crippen molar-refractivity contribution < 1.29 is 28.5 Å². The van der Waals surface area contributed by atoms with Gasteiger partial charge in [0.2, 0.25) is 5.75 Å². The number of hydrogen-bond acceptors (Lipinski definition) is 6. The molecule has 0 bridgehead atoms. The van der Waals surface area contributed by atoms with Crippen LogP contribution < -0.4 is 14.2 Å². The van der Waals surface area contributed by atoms with Crippen LogP contribution in [0.4, 0.5) is 0 Å². The quantitative estimate of drug-likeness (QED) is 0.602. The van der Waals surface area contributed by atoms with Crippen LogP contribution in [-0.2, 0) is 27.3 Å². The molecule has 156 valence electrons. The second-order valence-corrected chi connectivity index (χ2v) is 6.52. The molecule has 29 heavy (non-hydrogen) atoms. The van der Waals surface area contributed by atoms with Gasteiger partial charge in [-0.3, -0.25) is 9.59 Å². The lowest BCUT2D eigenvalue weighted by molar-refractivity contribution is -0.158. The second kappa shape index (κ2) is 10.4. The predicted molar refractivity (Wildman–Crippen MR) is 108 cm³/mol. The maximum Gasteiger partial charge on any atom is 0.311 e. The van der Waals surface area contributed by atoms with Crippen LogP contribution in [0.1, 0.15) is 18.1 Å². The lowest BCUT2D eigenvalue weighted by atomic mass is 10.1. The molecular weight excluding hydrogens is 374 g/mol. The van der Waals surface area contributed by atoms with Crippen LogP contribution in [0.2, 0.25) is 0 Å². The molecule has 0 heterocycles. The summed E-state index contributed by atoms with van der Waals surface area (Å²) in [5.41, 5.74) is 1.63. The van der Waals surface area contributed by atoms with Gasteiger partial charge in [-0.25, -0.2) is 0 Å². The molecule has 0 unspecified atom stereocenters. The van der Waals surface area contributed by atoms with Crippen molar-refractivity contribution in [3.05, 3.63) is 53.6 Å². The summed E-state index contributed by atoms with van der Waals surface area (Å²) in [4.78, 5) is 26.4. The largest absolute Gasteiger partial charge is 0.493 e. The summed E-state index contributed by atoms with van der Waals surface area (Å²) in [6.45, 7) is 2.01. The van der Waals surface area contributed by atoms with Gasteiger partial charge in [0, 0.05) is 13.6 Å². The molecular formula is C22H27NO6. The van der Waals surface area contributed by atoms with Gasteiger partial charge < -0.3 is 23.8 Å². The topological polar surface area (TPSA) is 74.3 Å². The second-order valence-electron chi connectivity index (χ2n) is 6.52. The molecule has 7 heteroatoms. The van der Waals surface area contributed by atoms with E-state index in [-0.39, 0.29) is 12.3 Å². The number of carbonyl (C=O) groups excluding carboxylic acids is 2. The van der Waals surface area contributed by atoms with Crippen molar-refractivity contribution in [2.24, 2.45) is 0 Å². The molecule has 0 spiro atoms. The fraction of sp³-hybridized carbons (Fsp3) is 0.364. The number of amides is 1.